The molecule has 61 heavy (non-hydrogen) atoms. The molecule has 0 aliphatic heterocycles. The van der Waals surface area contributed by atoms with Gasteiger partial charge in [-0.15, -0.1) is 0 Å². The van der Waals surface area contributed by atoms with Crippen molar-refractivity contribution in [2.24, 2.45) is 0 Å². The van der Waals surface area contributed by atoms with E-state index < -0.39 is 6.10 Å². The summed E-state index contributed by atoms with van der Waals surface area (Å²) < 4.78 is 16.7. The minimum atomic E-state index is -0.806. The smallest absolute Gasteiger partial charge is 0.306 e. The summed E-state index contributed by atoms with van der Waals surface area (Å²) in [5, 5.41) is 0. The van der Waals surface area contributed by atoms with Crippen LogP contribution in [0, 0.1) is 0 Å². The van der Waals surface area contributed by atoms with E-state index in [1.807, 2.05) is 0 Å². The number of ether oxygens (including phenoxy) is 3. The molecular weight excluding hydrogens is 757 g/mol. The Bertz CT molecular complexity index is 1200. The Balaban J connectivity index is 4.50. The number of esters is 3. The average Bonchev–Trinajstić information content (AvgIpc) is 3.26. The molecule has 0 aromatic rings. The molecule has 348 valence electrons. The van der Waals surface area contributed by atoms with E-state index in [9.17, 15) is 14.4 Å². The molecule has 0 aromatic heterocycles. The highest BCUT2D eigenvalue weighted by Crippen LogP contribution is 2.13. The Morgan fingerprint density at radius 1 is 0.344 bits per heavy atom. The van der Waals surface area contributed by atoms with Crippen molar-refractivity contribution < 1.29 is 28.6 Å². The summed E-state index contributed by atoms with van der Waals surface area (Å²) in [5.41, 5.74) is 0. The van der Waals surface area contributed by atoms with Gasteiger partial charge in [0.15, 0.2) is 6.10 Å². The van der Waals surface area contributed by atoms with Crippen LogP contribution in [0.25, 0.3) is 0 Å². The highest BCUT2D eigenvalue weighted by molar-refractivity contribution is 5.71. The van der Waals surface area contributed by atoms with Gasteiger partial charge in [0.05, 0.1) is 0 Å². The van der Waals surface area contributed by atoms with E-state index in [4.69, 9.17) is 14.2 Å². The summed E-state index contributed by atoms with van der Waals surface area (Å²) in [6, 6.07) is 0. The van der Waals surface area contributed by atoms with Crippen LogP contribution < -0.4 is 0 Å². The quantitative estimate of drug-likeness (QED) is 0.0263. The van der Waals surface area contributed by atoms with Crippen LogP contribution >= 0.6 is 0 Å². The lowest BCUT2D eigenvalue weighted by atomic mass is 10.1. The molecule has 0 spiro atoms. The molecule has 0 N–H and O–H groups in total. The molecule has 1 unspecified atom stereocenters. The fraction of sp³-hybridized carbons (Fsp3) is 0.691. The van der Waals surface area contributed by atoms with Gasteiger partial charge in [-0.2, -0.15) is 0 Å². The molecule has 6 heteroatoms. The Labute approximate surface area is 375 Å². The van der Waals surface area contributed by atoms with Gasteiger partial charge in [0.25, 0.3) is 0 Å². The van der Waals surface area contributed by atoms with Crippen molar-refractivity contribution in [2.45, 2.75) is 232 Å². The van der Waals surface area contributed by atoms with Crippen molar-refractivity contribution >= 4 is 17.9 Å². The first-order valence-electron chi connectivity index (χ1n) is 25.1. The van der Waals surface area contributed by atoms with Crippen LogP contribution in [0.5, 0.6) is 0 Å². The Kier molecular flexibility index (Phi) is 46.5. The Hall–Kier alpha value is -3.41. The first-order valence-corrected chi connectivity index (χ1v) is 25.1. The van der Waals surface area contributed by atoms with Crippen LogP contribution in [0.15, 0.2) is 85.1 Å². The van der Waals surface area contributed by atoms with E-state index >= 15 is 0 Å². The molecule has 0 saturated heterocycles. The second-order valence-corrected chi connectivity index (χ2v) is 16.3. The number of carbonyl (C=O) groups is 3. The van der Waals surface area contributed by atoms with Gasteiger partial charge in [-0.05, 0) is 109 Å². The van der Waals surface area contributed by atoms with Gasteiger partial charge >= 0.3 is 17.9 Å². The lowest BCUT2D eigenvalue weighted by molar-refractivity contribution is -0.167. The van der Waals surface area contributed by atoms with Crippen molar-refractivity contribution in [3.8, 4) is 0 Å². The van der Waals surface area contributed by atoms with E-state index in [1.54, 1.807) is 0 Å². The van der Waals surface area contributed by atoms with Crippen LogP contribution in [0.1, 0.15) is 226 Å². The topological polar surface area (TPSA) is 78.9 Å². The second kappa shape index (κ2) is 49.2. The fourth-order valence-corrected chi connectivity index (χ4v) is 6.58. The largest absolute Gasteiger partial charge is 0.462 e. The molecule has 0 heterocycles. The number of allylic oxidation sites excluding steroid dienone is 14. The third-order valence-corrected chi connectivity index (χ3v) is 10.4. The van der Waals surface area contributed by atoms with Crippen molar-refractivity contribution in [3.05, 3.63) is 85.1 Å². The molecule has 0 bridgehead atoms. The molecule has 0 aliphatic carbocycles. The maximum atomic E-state index is 12.8. The standard InChI is InChI=1S/C55H92O6/c1-4-7-10-13-16-19-22-25-26-27-28-31-33-36-39-42-45-48-54(57)60-51-52(61-55(58)49-46-43-40-37-34-30-24-21-18-15-12-9-6-3)50-59-53(56)47-44-41-38-35-32-29-23-20-17-14-11-8-5-2/h7,10,16,19-21,23-26,28,31,36,39,52H,4-6,8-9,11-15,17-18,22,27,29-30,32-35,37-38,40-51H2,1-3H3. The fourth-order valence-electron chi connectivity index (χ4n) is 6.58. The summed E-state index contributed by atoms with van der Waals surface area (Å²) in [5.74, 6) is -0.983. The van der Waals surface area contributed by atoms with Gasteiger partial charge < -0.3 is 14.2 Å². The first-order chi connectivity index (χ1) is 30.0. The molecule has 0 fully saturated rings. The Morgan fingerprint density at radius 3 is 1.08 bits per heavy atom. The predicted octanol–water partition coefficient (Wildman–Crippen LogP) is 16.4. The highest BCUT2D eigenvalue weighted by Gasteiger charge is 2.19. The molecule has 0 radical (unpaired) electrons. The molecule has 1 atom stereocenters. The van der Waals surface area contributed by atoms with Gasteiger partial charge in [0, 0.05) is 19.3 Å². The lowest BCUT2D eigenvalue weighted by Gasteiger charge is -2.18. The minimum Gasteiger partial charge on any atom is -0.462 e. The maximum Gasteiger partial charge on any atom is 0.306 e. The van der Waals surface area contributed by atoms with E-state index in [2.05, 4.69) is 106 Å². The highest BCUT2D eigenvalue weighted by atomic mass is 16.6. The zero-order valence-corrected chi connectivity index (χ0v) is 39.7. The second-order valence-electron chi connectivity index (χ2n) is 16.3. The third-order valence-electron chi connectivity index (χ3n) is 10.4. The van der Waals surface area contributed by atoms with Gasteiger partial charge in [0.2, 0.25) is 0 Å². The summed E-state index contributed by atoms with van der Waals surface area (Å²) in [6.45, 7) is 6.42. The molecule has 6 nitrogen and oxygen atoms in total. The van der Waals surface area contributed by atoms with E-state index in [0.717, 1.165) is 103 Å². The number of unbranched alkanes of at least 4 members (excludes halogenated alkanes) is 19. The summed E-state index contributed by atoms with van der Waals surface area (Å²) >= 11 is 0. The molecule has 0 amide bonds. The number of rotatable bonds is 44. The predicted molar refractivity (Wildman–Crippen MR) is 261 cm³/mol. The normalized spacial score (nSPS) is 12.8. The molecule has 0 aliphatic rings. The monoisotopic (exact) mass is 849 g/mol. The zero-order chi connectivity index (χ0) is 44.4. The van der Waals surface area contributed by atoms with Gasteiger partial charge in [0.1, 0.15) is 13.2 Å². The van der Waals surface area contributed by atoms with Crippen molar-refractivity contribution in [1.29, 1.82) is 0 Å². The van der Waals surface area contributed by atoms with Gasteiger partial charge in [-0.3, -0.25) is 14.4 Å². The number of hydrogen-bond donors (Lipinski definition) is 0. The van der Waals surface area contributed by atoms with Crippen molar-refractivity contribution in [2.75, 3.05) is 13.2 Å². The van der Waals surface area contributed by atoms with E-state index in [0.29, 0.717) is 19.3 Å². The van der Waals surface area contributed by atoms with Gasteiger partial charge in [-0.1, -0.05) is 183 Å². The van der Waals surface area contributed by atoms with Crippen LogP contribution in [-0.2, 0) is 28.6 Å². The Morgan fingerprint density at radius 2 is 0.656 bits per heavy atom. The summed E-state index contributed by atoms with van der Waals surface area (Å²) in [7, 11) is 0. The van der Waals surface area contributed by atoms with E-state index in [1.165, 1.54) is 77.0 Å². The average molecular weight is 849 g/mol. The number of hydrogen-bond acceptors (Lipinski definition) is 6. The zero-order valence-electron chi connectivity index (χ0n) is 39.7. The molecular formula is C55H92O6. The van der Waals surface area contributed by atoms with Crippen molar-refractivity contribution in [1.82, 2.24) is 0 Å². The van der Waals surface area contributed by atoms with Crippen LogP contribution in [0.3, 0.4) is 0 Å². The summed E-state index contributed by atoms with van der Waals surface area (Å²) in [4.78, 5) is 37.9. The molecule has 0 rings (SSSR count). The minimum absolute atomic E-state index is 0.102. The SMILES string of the molecule is CCC=CCC=CCC=CCC=CCC=CCCCC(=O)OCC(COC(=O)CCCCCCCC=CCCCCCC)OC(=O)CCCCCCCC=CCCCCCC. The number of carbonyl (C=O) groups excluding carboxylic acids is 3. The van der Waals surface area contributed by atoms with E-state index in [-0.39, 0.29) is 37.5 Å². The maximum absolute atomic E-state index is 12.8. The van der Waals surface area contributed by atoms with Gasteiger partial charge in [-0.25, -0.2) is 0 Å². The van der Waals surface area contributed by atoms with Crippen LogP contribution in [0.4, 0.5) is 0 Å². The third kappa shape index (κ3) is 47.5. The van der Waals surface area contributed by atoms with Crippen LogP contribution in [-0.4, -0.2) is 37.2 Å². The van der Waals surface area contributed by atoms with Crippen molar-refractivity contribution in [3.63, 3.8) is 0 Å². The summed E-state index contributed by atoms with van der Waals surface area (Å²) in [6.07, 6.45) is 62.8. The molecule has 0 saturated carbocycles. The van der Waals surface area contributed by atoms with Crippen LogP contribution in [0.2, 0.25) is 0 Å². The first kappa shape index (κ1) is 57.6. The molecule has 0 aromatic carbocycles. The lowest BCUT2D eigenvalue weighted by Crippen LogP contribution is -2.30.